The Bertz CT molecular complexity index is 654. The topological polar surface area (TPSA) is 92.6 Å². The van der Waals surface area contributed by atoms with Crippen molar-refractivity contribution in [1.29, 1.82) is 0 Å². The number of carbonyl (C=O) groups is 1. The molecule has 4 N–H and O–H groups in total. The summed E-state index contributed by atoms with van der Waals surface area (Å²) in [7, 11) is 0. The summed E-state index contributed by atoms with van der Waals surface area (Å²) in [4.78, 5) is 11.6. The van der Waals surface area contributed by atoms with Crippen molar-refractivity contribution >= 4 is 33.0 Å². The first kappa shape index (κ1) is 15.8. The predicted molar refractivity (Wildman–Crippen MR) is 85.4 cm³/mol. The average Bonchev–Trinajstić information content (AvgIpc) is 2.78. The Morgan fingerprint density at radius 2 is 2.29 bits per heavy atom. The lowest BCUT2D eigenvalue weighted by Gasteiger charge is -2.21. The number of aliphatic hydroxyl groups excluding tert-OH is 1. The van der Waals surface area contributed by atoms with Gasteiger partial charge in [0.25, 0.3) is 5.91 Å². The minimum absolute atomic E-state index is 0.0211. The average molecular weight is 355 g/mol. The molecule has 0 bridgehead atoms. The second kappa shape index (κ2) is 6.44. The van der Waals surface area contributed by atoms with E-state index in [0.717, 1.165) is 16.4 Å². The molecule has 2 aromatic heterocycles. The van der Waals surface area contributed by atoms with Crippen molar-refractivity contribution in [2.75, 3.05) is 11.9 Å². The Kier molecular flexibility index (Phi) is 4.84. The van der Waals surface area contributed by atoms with Gasteiger partial charge in [0.2, 0.25) is 0 Å². The number of aromatic nitrogens is 2. The summed E-state index contributed by atoms with van der Waals surface area (Å²) >= 11 is 3.39. The highest BCUT2D eigenvalue weighted by molar-refractivity contribution is 9.10. The number of nitrogens with one attached hydrogen (secondary N) is 1. The van der Waals surface area contributed by atoms with Crippen LogP contribution in [0.3, 0.4) is 0 Å². The molecule has 7 heteroatoms. The van der Waals surface area contributed by atoms with Gasteiger partial charge in [-0.3, -0.25) is 4.79 Å². The molecular formula is C14H19BrN4O2. The quantitative estimate of drug-likeness (QED) is 0.739. The van der Waals surface area contributed by atoms with Gasteiger partial charge >= 0.3 is 0 Å². The van der Waals surface area contributed by atoms with Gasteiger partial charge < -0.3 is 16.2 Å². The monoisotopic (exact) mass is 354 g/mol. The lowest BCUT2D eigenvalue weighted by Crippen LogP contribution is -2.28. The van der Waals surface area contributed by atoms with Gasteiger partial charge in [-0.1, -0.05) is 13.8 Å². The summed E-state index contributed by atoms with van der Waals surface area (Å²) in [6, 6.07) is 1.70. The van der Waals surface area contributed by atoms with Gasteiger partial charge in [0.1, 0.15) is 0 Å². The Balaban J connectivity index is 2.47. The van der Waals surface area contributed by atoms with E-state index in [1.54, 1.807) is 10.7 Å². The molecule has 114 valence electrons. The number of rotatable bonds is 6. The van der Waals surface area contributed by atoms with Crippen LogP contribution in [0.15, 0.2) is 22.9 Å². The van der Waals surface area contributed by atoms with Crippen LogP contribution in [0.2, 0.25) is 0 Å². The number of nitrogens with zero attached hydrogens (tertiary/aromatic N) is 2. The van der Waals surface area contributed by atoms with Crippen molar-refractivity contribution in [3.8, 4) is 0 Å². The largest absolute Gasteiger partial charge is 0.394 e. The zero-order chi connectivity index (χ0) is 15.6. The molecule has 0 aliphatic heterocycles. The number of primary amides is 1. The predicted octanol–water partition coefficient (Wildman–Crippen LogP) is 2.01. The molecule has 0 spiro atoms. The van der Waals surface area contributed by atoms with Crippen LogP contribution in [-0.4, -0.2) is 33.3 Å². The molecule has 1 unspecified atom stereocenters. The lowest BCUT2D eigenvalue weighted by atomic mass is 10.0. The second-order valence-electron chi connectivity index (χ2n) is 5.44. The highest BCUT2D eigenvalue weighted by Gasteiger charge is 2.18. The summed E-state index contributed by atoms with van der Waals surface area (Å²) < 4.78 is 2.51. The van der Waals surface area contributed by atoms with E-state index in [-0.39, 0.29) is 12.6 Å². The van der Waals surface area contributed by atoms with Crippen LogP contribution in [0.4, 0.5) is 5.69 Å². The molecule has 0 aliphatic carbocycles. The van der Waals surface area contributed by atoms with E-state index >= 15 is 0 Å². The van der Waals surface area contributed by atoms with Gasteiger partial charge in [-0.15, -0.1) is 0 Å². The Morgan fingerprint density at radius 1 is 1.57 bits per heavy atom. The van der Waals surface area contributed by atoms with Crippen molar-refractivity contribution in [1.82, 2.24) is 9.61 Å². The zero-order valence-electron chi connectivity index (χ0n) is 12.0. The zero-order valence-corrected chi connectivity index (χ0v) is 13.6. The smallest absolute Gasteiger partial charge is 0.252 e. The fourth-order valence-electron chi connectivity index (χ4n) is 2.32. The molecule has 0 saturated carbocycles. The highest BCUT2D eigenvalue weighted by Crippen LogP contribution is 2.26. The van der Waals surface area contributed by atoms with Gasteiger partial charge in [-0.25, -0.2) is 4.52 Å². The molecule has 0 saturated heterocycles. The van der Waals surface area contributed by atoms with E-state index in [1.807, 2.05) is 6.07 Å². The van der Waals surface area contributed by atoms with Crippen LogP contribution < -0.4 is 11.1 Å². The minimum atomic E-state index is -0.550. The first-order chi connectivity index (χ1) is 9.92. The van der Waals surface area contributed by atoms with Crippen molar-refractivity contribution in [2.24, 2.45) is 11.7 Å². The number of nitrogens with two attached hydrogens (primary N) is 1. The molecule has 2 heterocycles. The molecule has 2 aromatic rings. The first-order valence-corrected chi connectivity index (χ1v) is 7.55. The maximum absolute atomic E-state index is 11.6. The molecule has 21 heavy (non-hydrogen) atoms. The standard InChI is InChI=1S/C14H19BrN4O2/c1-8(2)3-10(7-20)18-13-11(14(16)21)5-17-19-6-9(15)4-12(13)19/h4-6,8,10,18,20H,3,7H2,1-2H3,(H2,16,21). The maximum atomic E-state index is 11.6. The number of hydrogen-bond acceptors (Lipinski definition) is 4. The van der Waals surface area contributed by atoms with E-state index in [4.69, 9.17) is 5.73 Å². The Morgan fingerprint density at radius 3 is 2.86 bits per heavy atom. The van der Waals surface area contributed by atoms with Crippen molar-refractivity contribution in [3.05, 3.63) is 28.5 Å². The Hall–Kier alpha value is -1.60. The van der Waals surface area contributed by atoms with Crippen LogP contribution in [0.1, 0.15) is 30.6 Å². The van der Waals surface area contributed by atoms with Crippen molar-refractivity contribution in [2.45, 2.75) is 26.3 Å². The number of fused-ring (bicyclic) bond motifs is 1. The summed E-state index contributed by atoms with van der Waals surface area (Å²) in [6.07, 6.45) is 4.01. The summed E-state index contributed by atoms with van der Waals surface area (Å²) in [5.74, 6) is -0.130. The first-order valence-electron chi connectivity index (χ1n) is 6.76. The summed E-state index contributed by atoms with van der Waals surface area (Å²) in [5.41, 5.74) is 7.08. The summed E-state index contributed by atoms with van der Waals surface area (Å²) in [5, 5.41) is 16.9. The number of hydrogen-bond donors (Lipinski definition) is 3. The van der Waals surface area contributed by atoms with Gasteiger partial charge in [-0.05, 0) is 34.3 Å². The number of anilines is 1. The molecule has 0 aromatic carbocycles. The van der Waals surface area contributed by atoms with Crippen molar-refractivity contribution in [3.63, 3.8) is 0 Å². The van der Waals surface area contributed by atoms with Gasteiger partial charge in [0.05, 0.1) is 29.6 Å². The highest BCUT2D eigenvalue weighted by atomic mass is 79.9. The van der Waals surface area contributed by atoms with E-state index in [2.05, 4.69) is 40.2 Å². The second-order valence-corrected chi connectivity index (χ2v) is 6.35. The van der Waals surface area contributed by atoms with Gasteiger partial charge in [0.15, 0.2) is 0 Å². The minimum Gasteiger partial charge on any atom is -0.394 e. The Labute approximate surface area is 131 Å². The van der Waals surface area contributed by atoms with Crippen LogP contribution >= 0.6 is 15.9 Å². The molecule has 0 radical (unpaired) electrons. The number of halogens is 1. The maximum Gasteiger partial charge on any atom is 0.252 e. The van der Waals surface area contributed by atoms with Crippen LogP contribution in [0.5, 0.6) is 0 Å². The number of carbonyl (C=O) groups excluding carboxylic acids is 1. The van der Waals surface area contributed by atoms with E-state index in [9.17, 15) is 9.90 Å². The lowest BCUT2D eigenvalue weighted by molar-refractivity contribution is 0.100. The van der Waals surface area contributed by atoms with Gasteiger partial charge in [-0.2, -0.15) is 5.10 Å². The number of aliphatic hydroxyl groups is 1. The molecule has 0 fully saturated rings. The molecule has 0 aliphatic rings. The third kappa shape index (κ3) is 3.54. The van der Waals surface area contributed by atoms with Crippen LogP contribution in [0.25, 0.3) is 5.52 Å². The summed E-state index contributed by atoms with van der Waals surface area (Å²) in [6.45, 7) is 4.14. The SMILES string of the molecule is CC(C)CC(CO)Nc1c(C(N)=O)cnn2cc(Br)cc12. The van der Waals surface area contributed by atoms with Gasteiger partial charge in [0, 0.05) is 16.7 Å². The van der Waals surface area contributed by atoms with Crippen molar-refractivity contribution < 1.29 is 9.90 Å². The molecule has 6 nitrogen and oxygen atoms in total. The molecular weight excluding hydrogens is 336 g/mol. The fourth-order valence-corrected chi connectivity index (χ4v) is 2.73. The third-order valence-corrected chi connectivity index (χ3v) is 3.63. The van der Waals surface area contributed by atoms with E-state index in [0.29, 0.717) is 17.2 Å². The number of amides is 1. The fraction of sp³-hybridized carbons (Fsp3) is 0.429. The molecule has 1 amide bonds. The van der Waals surface area contributed by atoms with E-state index < -0.39 is 5.91 Å². The van der Waals surface area contributed by atoms with Crippen LogP contribution in [-0.2, 0) is 0 Å². The van der Waals surface area contributed by atoms with E-state index in [1.165, 1.54) is 6.20 Å². The third-order valence-electron chi connectivity index (χ3n) is 3.19. The molecule has 1 atom stereocenters. The normalized spacial score (nSPS) is 12.8. The molecule has 2 rings (SSSR count). The van der Waals surface area contributed by atoms with Crippen LogP contribution in [0, 0.1) is 5.92 Å².